The number of carbonyl (C=O) groups is 1. The average molecular weight is 464 g/mol. The summed E-state index contributed by atoms with van der Waals surface area (Å²) in [6, 6.07) is 12.2. The van der Waals surface area contributed by atoms with Crippen LogP contribution >= 0.6 is 35.0 Å². The zero-order chi connectivity index (χ0) is 21.3. The van der Waals surface area contributed by atoms with Crippen LogP contribution in [-0.4, -0.2) is 33.6 Å². The number of anilines is 1. The lowest BCUT2D eigenvalue weighted by molar-refractivity contribution is -0.113. The van der Waals surface area contributed by atoms with Crippen molar-refractivity contribution in [3.8, 4) is 17.3 Å². The number of hydrogen-bond acceptors (Lipinski definition) is 7. The van der Waals surface area contributed by atoms with E-state index < -0.39 is 0 Å². The topological polar surface area (TPSA) is 108 Å². The first-order valence-electron chi connectivity index (χ1n) is 8.61. The monoisotopic (exact) mass is 463 g/mol. The lowest BCUT2D eigenvalue weighted by Gasteiger charge is -2.07. The molecule has 4 aromatic rings. The van der Waals surface area contributed by atoms with Gasteiger partial charge in [-0.05, 0) is 30.3 Å². The number of para-hydroxylation sites is 1. The van der Waals surface area contributed by atoms with Crippen molar-refractivity contribution in [2.75, 3.05) is 24.0 Å². The van der Waals surface area contributed by atoms with Gasteiger partial charge in [0.1, 0.15) is 0 Å². The van der Waals surface area contributed by atoms with Crippen molar-refractivity contribution in [1.29, 1.82) is 0 Å². The van der Waals surface area contributed by atoms with E-state index in [1.165, 1.54) is 4.68 Å². The number of hydrogen-bond donors (Lipinski definition) is 2. The first kappa shape index (κ1) is 20.4. The Labute approximate surface area is 185 Å². The van der Waals surface area contributed by atoms with Crippen molar-refractivity contribution >= 4 is 57.5 Å². The highest BCUT2D eigenvalue weighted by Gasteiger charge is 2.18. The number of carbonyl (C=O) groups excluding carboxylic acids is 1. The SMILES string of the molecule is COc1cccc2cc(-c3nnc(SCC(=O)Nc4cc(Cl)ccc4Cl)n3N)oc12. The molecule has 0 unspecified atom stereocenters. The smallest absolute Gasteiger partial charge is 0.234 e. The molecule has 0 saturated carbocycles. The molecular weight excluding hydrogens is 449 g/mol. The molecule has 3 N–H and O–H groups in total. The number of nitrogens with two attached hydrogens (primary N) is 1. The van der Waals surface area contributed by atoms with Gasteiger partial charge in [0.15, 0.2) is 17.1 Å². The molecule has 0 aliphatic rings. The number of benzene rings is 2. The number of nitrogens with zero attached hydrogens (tertiary/aromatic N) is 3. The highest BCUT2D eigenvalue weighted by molar-refractivity contribution is 7.99. The second-order valence-corrected chi connectivity index (χ2v) is 7.91. The number of methoxy groups -OCH3 is 1. The lowest BCUT2D eigenvalue weighted by Crippen LogP contribution is -2.16. The van der Waals surface area contributed by atoms with Crippen LogP contribution in [-0.2, 0) is 4.79 Å². The predicted octanol–water partition coefficient (Wildman–Crippen LogP) is 4.45. The van der Waals surface area contributed by atoms with Crippen molar-refractivity contribution < 1.29 is 13.9 Å². The van der Waals surface area contributed by atoms with Crippen molar-refractivity contribution in [2.45, 2.75) is 5.16 Å². The maximum Gasteiger partial charge on any atom is 0.234 e. The molecule has 2 aromatic heterocycles. The molecule has 8 nitrogen and oxygen atoms in total. The Hall–Kier alpha value is -2.88. The number of nitrogen functional groups attached to an aromatic ring is 1. The van der Waals surface area contributed by atoms with Crippen LogP contribution in [0.3, 0.4) is 0 Å². The number of fused-ring (bicyclic) bond motifs is 1. The Balaban J connectivity index is 1.48. The summed E-state index contributed by atoms with van der Waals surface area (Å²) in [5.74, 6) is 7.25. The number of rotatable bonds is 6. The predicted molar refractivity (Wildman–Crippen MR) is 118 cm³/mol. The molecule has 0 atom stereocenters. The first-order chi connectivity index (χ1) is 14.5. The van der Waals surface area contributed by atoms with E-state index in [0.29, 0.717) is 43.8 Å². The highest BCUT2D eigenvalue weighted by Crippen LogP contribution is 2.33. The van der Waals surface area contributed by atoms with E-state index in [1.54, 1.807) is 37.4 Å². The van der Waals surface area contributed by atoms with E-state index in [9.17, 15) is 4.79 Å². The first-order valence-corrected chi connectivity index (χ1v) is 10.4. The fraction of sp³-hybridized carbons (Fsp3) is 0.105. The molecule has 0 fully saturated rings. The zero-order valence-electron chi connectivity index (χ0n) is 15.6. The van der Waals surface area contributed by atoms with Gasteiger partial charge in [0.2, 0.25) is 16.9 Å². The summed E-state index contributed by atoms with van der Waals surface area (Å²) in [7, 11) is 1.57. The van der Waals surface area contributed by atoms with Crippen LogP contribution in [0.5, 0.6) is 5.75 Å². The molecule has 0 spiro atoms. The second-order valence-electron chi connectivity index (χ2n) is 6.13. The van der Waals surface area contributed by atoms with Crippen LogP contribution in [0.15, 0.2) is 52.0 Å². The van der Waals surface area contributed by atoms with E-state index in [2.05, 4.69) is 15.5 Å². The van der Waals surface area contributed by atoms with Crippen LogP contribution in [0.25, 0.3) is 22.6 Å². The summed E-state index contributed by atoms with van der Waals surface area (Å²) in [4.78, 5) is 12.3. The third kappa shape index (κ3) is 4.04. The zero-order valence-corrected chi connectivity index (χ0v) is 17.9. The van der Waals surface area contributed by atoms with Gasteiger partial charge in [0.25, 0.3) is 0 Å². The largest absolute Gasteiger partial charge is 0.493 e. The molecule has 0 aliphatic heterocycles. The van der Waals surface area contributed by atoms with Crippen molar-refractivity contribution in [2.24, 2.45) is 0 Å². The van der Waals surface area contributed by atoms with Gasteiger partial charge in [-0.15, -0.1) is 10.2 Å². The third-order valence-electron chi connectivity index (χ3n) is 4.15. The van der Waals surface area contributed by atoms with Crippen LogP contribution in [0.4, 0.5) is 5.69 Å². The minimum Gasteiger partial charge on any atom is -0.493 e. The summed E-state index contributed by atoms with van der Waals surface area (Å²) in [6.07, 6.45) is 0. The van der Waals surface area contributed by atoms with Gasteiger partial charge < -0.3 is 20.3 Å². The summed E-state index contributed by atoms with van der Waals surface area (Å²) >= 11 is 13.1. The lowest BCUT2D eigenvalue weighted by atomic mass is 10.2. The third-order valence-corrected chi connectivity index (χ3v) is 5.66. The van der Waals surface area contributed by atoms with Crippen LogP contribution < -0.4 is 15.9 Å². The Bertz CT molecular complexity index is 1240. The van der Waals surface area contributed by atoms with Gasteiger partial charge in [-0.1, -0.05) is 47.1 Å². The standard InChI is InChI=1S/C19H15Cl2N5O3S/c1-28-14-4-2-3-10-7-15(29-17(10)14)18-24-25-19(26(18)22)30-9-16(27)23-13-8-11(20)5-6-12(13)21/h2-8H,9,22H2,1H3,(H,23,27). The van der Waals surface area contributed by atoms with Crippen molar-refractivity contribution in [1.82, 2.24) is 14.9 Å². The summed E-state index contributed by atoms with van der Waals surface area (Å²) in [5.41, 5.74) is 1.02. The molecule has 1 amide bonds. The van der Waals surface area contributed by atoms with Crippen LogP contribution in [0.2, 0.25) is 10.0 Å². The molecule has 154 valence electrons. The van der Waals surface area contributed by atoms with Crippen molar-refractivity contribution in [3.05, 3.63) is 52.5 Å². The Morgan fingerprint density at radius 3 is 2.90 bits per heavy atom. The van der Waals surface area contributed by atoms with Gasteiger partial charge >= 0.3 is 0 Å². The maximum absolute atomic E-state index is 12.3. The molecule has 0 bridgehead atoms. The molecule has 0 saturated heterocycles. The van der Waals surface area contributed by atoms with E-state index >= 15 is 0 Å². The van der Waals surface area contributed by atoms with Gasteiger partial charge in [0, 0.05) is 10.4 Å². The average Bonchev–Trinajstić information content (AvgIpc) is 3.32. The van der Waals surface area contributed by atoms with Gasteiger partial charge in [-0.3, -0.25) is 4.79 Å². The molecule has 0 radical (unpaired) electrons. The van der Waals surface area contributed by atoms with Crippen molar-refractivity contribution in [3.63, 3.8) is 0 Å². The molecule has 30 heavy (non-hydrogen) atoms. The summed E-state index contributed by atoms with van der Waals surface area (Å²) in [5, 5.41) is 12.9. The number of nitrogens with one attached hydrogen (secondary N) is 1. The van der Waals surface area contributed by atoms with Gasteiger partial charge in [-0.25, -0.2) is 4.68 Å². The van der Waals surface area contributed by atoms with E-state index in [0.717, 1.165) is 17.1 Å². The summed E-state index contributed by atoms with van der Waals surface area (Å²) < 4.78 is 12.4. The Kier molecular flexibility index (Phi) is 5.76. The summed E-state index contributed by atoms with van der Waals surface area (Å²) in [6.45, 7) is 0. The minimum atomic E-state index is -0.290. The molecular formula is C19H15Cl2N5O3S. The molecule has 2 aromatic carbocycles. The second kappa shape index (κ2) is 8.47. The van der Waals surface area contributed by atoms with E-state index in [1.807, 2.05) is 12.1 Å². The molecule has 4 rings (SSSR count). The fourth-order valence-corrected chi connectivity index (χ4v) is 3.75. The fourth-order valence-electron chi connectivity index (χ4n) is 2.76. The maximum atomic E-state index is 12.3. The molecule has 0 aliphatic carbocycles. The molecule has 11 heteroatoms. The van der Waals surface area contributed by atoms with E-state index in [-0.39, 0.29) is 11.7 Å². The number of ether oxygens (including phenoxy) is 1. The van der Waals surface area contributed by atoms with Crippen LogP contribution in [0.1, 0.15) is 0 Å². The van der Waals surface area contributed by atoms with E-state index in [4.69, 9.17) is 38.2 Å². The minimum absolute atomic E-state index is 0.0477. The van der Waals surface area contributed by atoms with Crippen LogP contribution in [0, 0.1) is 0 Å². The molecule has 2 heterocycles. The number of amides is 1. The number of halogens is 2. The number of furan rings is 1. The Morgan fingerprint density at radius 1 is 1.27 bits per heavy atom. The van der Waals surface area contributed by atoms with Gasteiger partial charge in [-0.2, -0.15) is 0 Å². The number of thioether (sulfide) groups is 1. The normalized spacial score (nSPS) is 11.0. The van der Waals surface area contributed by atoms with Gasteiger partial charge in [0.05, 0.1) is 23.6 Å². The quantitative estimate of drug-likeness (QED) is 0.321. The number of aromatic nitrogens is 3. The highest BCUT2D eigenvalue weighted by atomic mass is 35.5. The Morgan fingerprint density at radius 2 is 2.10 bits per heavy atom.